The Morgan fingerprint density at radius 3 is 2.49 bits per heavy atom. The summed E-state index contributed by atoms with van der Waals surface area (Å²) in [6, 6.07) is 10.6. The minimum Gasteiger partial charge on any atom is -0.378 e. The number of nitrogens with zero attached hydrogens (tertiary/aromatic N) is 4. The molecule has 0 radical (unpaired) electrons. The van der Waals surface area contributed by atoms with Gasteiger partial charge >= 0.3 is 0 Å². The maximum Gasteiger partial charge on any atom is 0.255 e. The summed E-state index contributed by atoms with van der Waals surface area (Å²) < 4.78 is 5.36. The van der Waals surface area contributed by atoms with Crippen molar-refractivity contribution in [3.05, 3.63) is 51.9 Å². The summed E-state index contributed by atoms with van der Waals surface area (Å²) in [5.74, 6) is 0.572. The van der Waals surface area contributed by atoms with Gasteiger partial charge in [-0.2, -0.15) is 0 Å². The number of nitrogens with one attached hydrogen (secondary N) is 2. The molecule has 9 heteroatoms. The lowest BCUT2D eigenvalue weighted by Gasteiger charge is -2.36. The molecular weight excluding hydrogens is 444 g/mol. The van der Waals surface area contributed by atoms with Gasteiger partial charge in [0.25, 0.3) is 5.56 Å². The van der Waals surface area contributed by atoms with E-state index < -0.39 is 0 Å². The summed E-state index contributed by atoms with van der Waals surface area (Å²) in [6.07, 6.45) is 2.72. The molecule has 0 atom stereocenters. The van der Waals surface area contributed by atoms with Crippen molar-refractivity contribution in [2.24, 2.45) is 0 Å². The number of rotatable bonds is 10. The second-order valence-corrected chi connectivity index (χ2v) is 9.27. The third-order valence-electron chi connectivity index (χ3n) is 6.84. The quantitative estimate of drug-likeness (QED) is 0.497. The van der Waals surface area contributed by atoms with E-state index in [9.17, 15) is 9.59 Å². The summed E-state index contributed by atoms with van der Waals surface area (Å²) in [6.45, 7) is 10.5. The van der Waals surface area contributed by atoms with Gasteiger partial charge in [-0.3, -0.25) is 19.5 Å². The molecule has 0 bridgehead atoms. The molecule has 0 aliphatic carbocycles. The van der Waals surface area contributed by atoms with Gasteiger partial charge in [0.2, 0.25) is 11.9 Å². The zero-order valence-corrected chi connectivity index (χ0v) is 20.8. The van der Waals surface area contributed by atoms with Crippen LogP contribution in [0, 0.1) is 6.92 Å². The number of para-hydroxylation sites is 1. The number of H-pyrrole nitrogens is 1. The van der Waals surface area contributed by atoms with Gasteiger partial charge in [-0.05, 0) is 44.9 Å². The van der Waals surface area contributed by atoms with E-state index in [2.05, 4.69) is 55.4 Å². The summed E-state index contributed by atoms with van der Waals surface area (Å²) in [5.41, 5.74) is 2.43. The number of ether oxygens (including phenoxy) is 1. The number of aromatic amines is 1. The van der Waals surface area contributed by atoms with Crippen molar-refractivity contribution < 1.29 is 9.53 Å². The fraction of sp³-hybridized carbons (Fsp3) is 0.577. The molecule has 1 aromatic carbocycles. The van der Waals surface area contributed by atoms with E-state index in [4.69, 9.17) is 4.74 Å². The number of unbranched alkanes of at least 4 members (excludes halogenated alkanes) is 1. The molecule has 2 fully saturated rings. The molecule has 4 rings (SSSR count). The maximum atomic E-state index is 12.6. The van der Waals surface area contributed by atoms with Gasteiger partial charge in [0.05, 0.1) is 13.2 Å². The summed E-state index contributed by atoms with van der Waals surface area (Å²) >= 11 is 0. The normalized spacial score (nSPS) is 16.9. The first-order chi connectivity index (χ1) is 17.1. The third-order valence-corrected chi connectivity index (χ3v) is 6.84. The van der Waals surface area contributed by atoms with E-state index in [-0.39, 0.29) is 11.5 Å². The predicted molar refractivity (Wildman–Crippen MR) is 138 cm³/mol. The van der Waals surface area contributed by atoms with Gasteiger partial charge in [-0.25, -0.2) is 4.98 Å². The molecule has 2 N–H and O–H groups in total. The number of piperazine rings is 1. The molecule has 1 amide bonds. The standard InChI is InChI=1S/C26H38N6O3/c1-21-23(25(34)29-26(28-21)32-17-19-35-20-18-32)9-10-24(33)27-11-5-6-12-30-13-15-31(16-14-30)22-7-3-2-4-8-22/h2-4,7-8H,5-6,9-20H2,1H3,(H,27,33)(H,28,29,34). The predicted octanol–water partition coefficient (Wildman–Crippen LogP) is 1.57. The van der Waals surface area contributed by atoms with Crippen LogP contribution in [-0.2, 0) is 16.0 Å². The SMILES string of the molecule is Cc1nc(N2CCOCC2)[nH]c(=O)c1CCC(=O)NCCCCN1CCN(c2ccccc2)CC1. The molecule has 0 saturated carbocycles. The number of hydrogen-bond acceptors (Lipinski definition) is 7. The smallest absolute Gasteiger partial charge is 0.255 e. The van der Waals surface area contributed by atoms with E-state index in [0.29, 0.717) is 62.9 Å². The second-order valence-electron chi connectivity index (χ2n) is 9.27. The lowest BCUT2D eigenvalue weighted by molar-refractivity contribution is -0.121. The van der Waals surface area contributed by atoms with Crippen LogP contribution in [0.3, 0.4) is 0 Å². The molecule has 9 nitrogen and oxygen atoms in total. The monoisotopic (exact) mass is 482 g/mol. The lowest BCUT2D eigenvalue weighted by atomic mass is 10.1. The Labute approximate surface area is 207 Å². The zero-order valence-electron chi connectivity index (χ0n) is 20.8. The van der Waals surface area contributed by atoms with Crippen molar-refractivity contribution in [1.82, 2.24) is 20.2 Å². The Morgan fingerprint density at radius 2 is 1.77 bits per heavy atom. The highest BCUT2D eigenvalue weighted by atomic mass is 16.5. The van der Waals surface area contributed by atoms with Gasteiger partial charge < -0.3 is 19.9 Å². The molecule has 2 saturated heterocycles. The van der Waals surface area contributed by atoms with Crippen molar-refractivity contribution in [3.8, 4) is 0 Å². The Kier molecular flexibility index (Phi) is 9.14. The Hall–Kier alpha value is -2.91. The number of hydrogen-bond donors (Lipinski definition) is 2. The first-order valence-corrected chi connectivity index (χ1v) is 12.8. The van der Waals surface area contributed by atoms with Crippen LogP contribution in [0.25, 0.3) is 0 Å². The number of aromatic nitrogens is 2. The fourth-order valence-corrected chi connectivity index (χ4v) is 4.70. The van der Waals surface area contributed by atoms with Crippen LogP contribution in [0.4, 0.5) is 11.6 Å². The first kappa shape index (κ1) is 25.2. The number of benzene rings is 1. The second kappa shape index (κ2) is 12.7. The minimum absolute atomic E-state index is 0.0162. The van der Waals surface area contributed by atoms with Crippen molar-refractivity contribution in [2.75, 3.05) is 75.4 Å². The number of amides is 1. The van der Waals surface area contributed by atoms with Crippen molar-refractivity contribution >= 4 is 17.5 Å². The fourth-order valence-electron chi connectivity index (χ4n) is 4.70. The highest BCUT2D eigenvalue weighted by Crippen LogP contribution is 2.16. The minimum atomic E-state index is -0.154. The van der Waals surface area contributed by atoms with Crippen LogP contribution in [0.2, 0.25) is 0 Å². The summed E-state index contributed by atoms with van der Waals surface area (Å²) in [7, 11) is 0. The topological polar surface area (TPSA) is 93.8 Å². The molecule has 3 heterocycles. The van der Waals surface area contributed by atoms with E-state index in [1.54, 1.807) is 0 Å². The highest BCUT2D eigenvalue weighted by Gasteiger charge is 2.18. The Morgan fingerprint density at radius 1 is 1.03 bits per heavy atom. The van der Waals surface area contributed by atoms with Crippen LogP contribution in [-0.4, -0.2) is 86.3 Å². The van der Waals surface area contributed by atoms with Gasteiger partial charge in [0.15, 0.2) is 0 Å². The number of anilines is 2. The van der Waals surface area contributed by atoms with Crippen molar-refractivity contribution in [3.63, 3.8) is 0 Å². The molecular formula is C26H38N6O3. The number of aryl methyl sites for hydroxylation is 1. The first-order valence-electron chi connectivity index (χ1n) is 12.8. The van der Waals surface area contributed by atoms with Gasteiger partial charge in [0.1, 0.15) is 0 Å². The zero-order chi connectivity index (χ0) is 24.5. The van der Waals surface area contributed by atoms with Crippen molar-refractivity contribution in [2.45, 2.75) is 32.6 Å². The molecule has 0 unspecified atom stereocenters. The maximum absolute atomic E-state index is 12.6. The molecule has 2 aliphatic rings. The van der Waals surface area contributed by atoms with Crippen molar-refractivity contribution in [1.29, 1.82) is 0 Å². The Balaban J connectivity index is 1.10. The average molecular weight is 483 g/mol. The third kappa shape index (κ3) is 7.29. The van der Waals surface area contributed by atoms with E-state index in [1.807, 2.05) is 11.8 Å². The van der Waals surface area contributed by atoms with Crippen LogP contribution >= 0.6 is 0 Å². The molecule has 2 aliphatic heterocycles. The molecule has 1 aromatic heterocycles. The van der Waals surface area contributed by atoms with E-state index >= 15 is 0 Å². The van der Waals surface area contributed by atoms with Crippen LogP contribution in [0.15, 0.2) is 35.1 Å². The van der Waals surface area contributed by atoms with Gasteiger partial charge in [-0.1, -0.05) is 18.2 Å². The van der Waals surface area contributed by atoms with Crippen LogP contribution in [0.1, 0.15) is 30.5 Å². The number of morpholine rings is 1. The molecule has 0 spiro atoms. The van der Waals surface area contributed by atoms with Crippen LogP contribution in [0.5, 0.6) is 0 Å². The number of carbonyl (C=O) groups is 1. The summed E-state index contributed by atoms with van der Waals surface area (Å²) in [4.78, 5) is 39.3. The molecule has 35 heavy (non-hydrogen) atoms. The van der Waals surface area contributed by atoms with E-state index in [0.717, 1.165) is 45.6 Å². The number of carbonyl (C=O) groups excluding carboxylic acids is 1. The summed E-state index contributed by atoms with van der Waals surface area (Å²) in [5, 5.41) is 3.00. The Bertz CT molecular complexity index is 998. The van der Waals surface area contributed by atoms with Gasteiger partial charge in [0, 0.05) is 69.2 Å². The molecule has 2 aromatic rings. The van der Waals surface area contributed by atoms with E-state index in [1.165, 1.54) is 5.69 Å². The highest BCUT2D eigenvalue weighted by molar-refractivity contribution is 5.76. The van der Waals surface area contributed by atoms with Gasteiger partial charge in [-0.15, -0.1) is 0 Å². The average Bonchev–Trinajstić information content (AvgIpc) is 2.89. The molecule has 190 valence electrons. The lowest BCUT2D eigenvalue weighted by Crippen LogP contribution is -2.46. The van der Waals surface area contributed by atoms with Crippen LogP contribution < -0.4 is 20.7 Å². The largest absolute Gasteiger partial charge is 0.378 e.